The van der Waals surface area contributed by atoms with E-state index in [1.54, 1.807) is 0 Å². The summed E-state index contributed by atoms with van der Waals surface area (Å²) in [5.74, 6) is 2.27. The van der Waals surface area contributed by atoms with Crippen LogP contribution in [0.3, 0.4) is 0 Å². The Kier molecular flexibility index (Phi) is 5.33. The minimum atomic E-state index is -3.26. The third-order valence-electron chi connectivity index (χ3n) is 1.08. The van der Waals surface area contributed by atoms with Crippen LogP contribution in [0, 0.1) is 11.6 Å². The predicted molar refractivity (Wildman–Crippen MR) is 49.2 cm³/mol. The molecular formula is C8H11O4P. The van der Waals surface area contributed by atoms with Crippen molar-refractivity contribution >= 4 is 13.4 Å². The molecule has 0 aliphatic heterocycles. The van der Waals surface area contributed by atoms with Crippen molar-refractivity contribution in [1.82, 2.24) is 0 Å². The van der Waals surface area contributed by atoms with Crippen molar-refractivity contribution in [3.8, 4) is 11.6 Å². The van der Waals surface area contributed by atoms with Crippen LogP contribution >= 0.6 is 7.60 Å². The minimum Gasteiger partial charge on any atom is -0.303 e. The van der Waals surface area contributed by atoms with Gasteiger partial charge in [0.05, 0.1) is 0 Å². The molecule has 0 atom stereocenters. The number of carbonyl (C=O) groups excluding carboxylic acids is 1. The van der Waals surface area contributed by atoms with E-state index in [1.807, 2.05) is 0 Å². The molecule has 5 heteroatoms. The smallest absolute Gasteiger partial charge is 0.303 e. The fourth-order valence-electron chi connectivity index (χ4n) is 0.441. The van der Waals surface area contributed by atoms with Crippen LogP contribution in [0.1, 0.15) is 6.92 Å². The molecule has 0 radical (unpaired) electrons. The lowest BCUT2D eigenvalue weighted by molar-refractivity contribution is -0.112. The number of rotatable bonds is 3. The lowest BCUT2D eigenvalue weighted by Crippen LogP contribution is -1.83. The highest BCUT2D eigenvalue weighted by atomic mass is 31.2. The Hall–Kier alpha value is -0.880. The van der Waals surface area contributed by atoms with Crippen molar-refractivity contribution in [2.24, 2.45) is 0 Å². The second-order valence-corrected chi connectivity index (χ2v) is 4.01. The SMILES string of the molecule is COP(=O)(C#C/C=C\C(C)=O)OC. The molecule has 13 heavy (non-hydrogen) atoms. The zero-order chi connectivity index (χ0) is 10.3. The molecule has 4 nitrogen and oxygen atoms in total. The highest BCUT2D eigenvalue weighted by molar-refractivity contribution is 7.59. The first-order valence-electron chi connectivity index (χ1n) is 3.45. The van der Waals surface area contributed by atoms with Crippen LogP contribution in [0.15, 0.2) is 12.2 Å². The summed E-state index contributed by atoms with van der Waals surface area (Å²) in [6.07, 6.45) is 2.57. The van der Waals surface area contributed by atoms with Crippen LogP contribution in [-0.2, 0) is 18.4 Å². The highest BCUT2D eigenvalue weighted by Gasteiger charge is 2.15. The summed E-state index contributed by atoms with van der Waals surface area (Å²) in [4.78, 5) is 10.4. The van der Waals surface area contributed by atoms with Gasteiger partial charge in [0.15, 0.2) is 5.78 Å². The fraction of sp³-hybridized carbons (Fsp3) is 0.375. The standard InChI is InChI=1S/C8H11O4P/c1-8(9)6-4-5-7-13(10,11-2)12-3/h4,6H,1-3H3/b6-4-. The summed E-state index contributed by atoms with van der Waals surface area (Å²) in [7, 11) is -0.777. The lowest BCUT2D eigenvalue weighted by Gasteiger charge is -2.03. The molecule has 72 valence electrons. The molecule has 0 amide bonds. The fourth-order valence-corrected chi connectivity index (χ4v) is 1.01. The van der Waals surface area contributed by atoms with Gasteiger partial charge in [-0.1, -0.05) is 5.92 Å². The number of hydrogen-bond donors (Lipinski definition) is 0. The number of carbonyl (C=O) groups is 1. The van der Waals surface area contributed by atoms with Crippen molar-refractivity contribution in [1.29, 1.82) is 0 Å². The van der Waals surface area contributed by atoms with E-state index in [0.29, 0.717) is 0 Å². The summed E-state index contributed by atoms with van der Waals surface area (Å²) in [5, 5.41) is 0. The average Bonchev–Trinajstić information content (AvgIpc) is 2.12. The molecule has 0 unspecified atom stereocenters. The Balaban J connectivity index is 4.40. The molecule has 0 aromatic rings. The van der Waals surface area contributed by atoms with Crippen molar-refractivity contribution in [2.45, 2.75) is 6.92 Å². The van der Waals surface area contributed by atoms with Gasteiger partial charge in [-0.15, -0.1) is 0 Å². The minimum absolute atomic E-state index is 0.126. The highest BCUT2D eigenvalue weighted by Crippen LogP contribution is 2.44. The van der Waals surface area contributed by atoms with Gasteiger partial charge in [-0.05, 0) is 19.1 Å². The van der Waals surface area contributed by atoms with Crippen LogP contribution in [0.25, 0.3) is 0 Å². The van der Waals surface area contributed by atoms with Crippen LogP contribution < -0.4 is 0 Å². The lowest BCUT2D eigenvalue weighted by atomic mass is 10.4. The molecule has 0 bridgehead atoms. The molecule has 0 N–H and O–H groups in total. The van der Waals surface area contributed by atoms with Gasteiger partial charge in [0, 0.05) is 19.9 Å². The molecule has 0 aliphatic rings. The van der Waals surface area contributed by atoms with Crippen LogP contribution in [0.2, 0.25) is 0 Å². The summed E-state index contributed by atoms with van der Waals surface area (Å²) in [5.41, 5.74) is 2.27. The Morgan fingerprint density at radius 2 is 1.92 bits per heavy atom. The Labute approximate surface area is 77.5 Å². The van der Waals surface area contributed by atoms with Crippen molar-refractivity contribution < 1.29 is 18.4 Å². The second-order valence-electron chi connectivity index (χ2n) is 2.06. The van der Waals surface area contributed by atoms with E-state index in [2.05, 4.69) is 20.6 Å². The Bertz CT molecular complexity index is 300. The third-order valence-corrected chi connectivity index (χ3v) is 2.45. The zero-order valence-corrected chi connectivity index (χ0v) is 8.63. The molecule has 0 aromatic carbocycles. The zero-order valence-electron chi connectivity index (χ0n) is 7.73. The first kappa shape index (κ1) is 12.1. The number of ketones is 1. The van der Waals surface area contributed by atoms with E-state index in [9.17, 15) is 9.36 Å². The molecule has 0 fully saturated rings. The summed E-state index contributed by atoms with van der Waals surface area (Å²) < 4.78 is 20.3. The number of allylic oxidation sites excluding steroid dienone is 2. The first-order chi connectivity index (χ1) is 6.04. The van der Waals surface area contributed by atoms with E-state index in [1.165, 1.54) is 33.3 Å². The molecule has 0 aliphatic carbocycles. The van der Waals surface area contributed by atoms with Gasteiger partial charge in [0.2, 0.25) is 0 Å². The largest absolute Gasteiger partial charge is 0.405 e. The van der Waals surface area contributed by atoms with Gasteiger partial charge < -0.3 is 9.05 Å². The second kappa shape index (κ2) is 5.71. The summed E-state index contributed by atoms with van der Waals surface area (Å²) >= 11 is 0. The quantitative estimate of drug-likeness (QED) is 0.396. The van der Waals surface area contributed by atoms with E-state index < -0.39 is 7.60 Å². The van der Waals surface area contributed by atoms with Crippen LogP contribution in [0.4, 0.5) is 0 Å². The van der Waals surface area contributed by atoms with E-state index in [-0.39, 0.29) is 5.78 Å². The maximum atomic E-state index is 11.3. The van der Waals surface area contributed by atoms with Crippen molar-refractivity contribution in [3.63, 3.8) is 0 Å². The summed E-state index contributed by atoms with van der Waals surface area (Å²) in [6.45, 7) is 1.39. The van der Waals surface area contributed by atoms with E-state index >= 15 is 0 Å². The Morgan fingerprint density at radius 3 is 2.31 bits per heavy atom. The van der Waals surface area contributed by atoms with Gasteiger partial charge in [-0.25, -0.2) is 4.57 Å². The summed E-state index contributed by atoms with van der Waals surface area (Å²) in [6, 6.07) is 0. The monoisotopic (exact) mass is 202 g/mol. The normalized spacial score (nSPS) is 11.0. The molecule has 0 spiro atoms. The van der Waals surface area contributed by atoms with Gasteiger partial charge in [-0.3, -0.25) is 4.79 Å². The topological polar surface area (TPSA) is 52.6 Å². The molecular weight excluding hydrogens is 191 g/mol. The molecule has 0 heterocycles. The maximum absolute atomic E-state index is 11.3. The van der Waals surface area contributed by atoms with Gasteiger partial charge in [0.25, 0.3) is 0 Å². The van der Waals surface area contributed by atoms with Crippen LogP contribution in [-0.4, -0.2) is 20.0 Å². The average molecular weight is 202 g/mol. The first-order valence-corrected chi connectivity index (χ1v) is 5.00. The maximum Gasteiger partial charge on any atom is 0.405 e. The van der Waals surface area contributed by atoms with E-state index in [0.717, 1.165) is 0 Å². The van der Waals surface area contributed by atoms with Gasteiger partial charge in [-0.2, -0.15) is 0 Å². The Morgan fingerprint density at radius 1 is 1.38 bits per heavy atom. The molecule has 0 saturated carbocycles. The molecule has 0 saturated heterocycles. The van der Waals surface area contributed by atoms with Gasteiger partial charge >= 0.3 is 7.60 Å². The third kappa shape index (κ3) is 5.37. The predicted octanol–water partition coefficient (Wildman–Crippen LogP) is 1.58. The molecule has 0 rings (SSSR count). The van der Waals surface area contributed by atoms with E-state index in [4.69, 9.17) is 0 Å². The number of hydrogen-bond acceptors (Lipinski definition) is 4. The van der Waals surface area contributed by atoms with Crippen molar-refractivity contribution in [2.75, 3.05) is 14.2 Å². The molecule has 0 aromatic heterocycles. The van der Waals surface area contributed by atoms with Crippen LogP contribution in [0.5, 0.6) is 0 Å². The van der Waals surface area contributed by atoms with Crippen molar-refractivity contribution in [3.05, 3.63) is 12.2 Å². The van der Waals surface area contributed by atoms with Gasteiger partial charge in [0.1, 0.15) is 0 Å².